The van der Waals surface area contributed by atoms with Gasteiger partial charge in [-0.25, -0.2) is 0 Å². The van der Waals surface area contributed by atoms with Crippen LogP contribution in [0.5, 0.6) is 11.5 Å². The lowest BCUT2D eigenvalue weighted by Gasteiger charge is -2.12. The molecule has 124 valence electrons. The number of aromatic nitrogens is 3. The van der Waals surface area contributed by atoms with Gasteiger partial charge in [0.25, 0.3) is 0 Å². The summed E-state index contributed by atoms with van der Waals surface area (Å²) in [6.45, 7) is 2.07. The number of benzene rings is 2. The van der Waals surface area contributed by atoms with Gasteiger partial charge in [0.1, 0.15) is 17.8 Å². The molecule has 0 aliphatic heterocycles. The average molecular weight is 341 g/mol. The summed E-state index contributed by atoms with van der Waals surface area (Å²) in [4.78, 5) is 0. The smallest absolute Gasteiger partial charge is 0.196 e. The Hall–Kier alpha value is -2.47. The van der Waals surface area contributed by atoms with Crippen molar-refractivity contribution in [3.63, 3.8) is 0 Å². The first-order chi connectivity index (χ1) is 11.7. The number of thioether (sulfide) groups is 1. The third kappa shape index (κ3) is 3.38. The number of hydrogen-bond donors (Lipinski definition) is 0. The molecule has 3 aromatic rings. The summed E-state index contributed by atoms with van der Waals surface area (Å²) in [7, 11) is 3.35. The molecular formula is C18H19N3O2S. The minimum atomic E-state index is 0.749. The average Bonchev–Trinajstić information content (AvgIpc) is 3.08. The highest BCUT2D eigenvalue weighted by atomic mass is 32.2. The molecule has 0 amide bonds. The molecule has 0 bridgehead atoms. The van der Waals surface area contributed by atoms with E-state index in [1.54, 1.807) is 32.3 Å². The fourth-order valence-corrected chi connectivity index (χ4v) is 3.38. The predicted octanol–water partition coefficient (Wildman–Crippen LogP) is 3.89. The van der Waals surface area contributed by atoms with E-state index in [0.717, 1.165) is 33.7 Å². The first-order valence-electron chi connectivity index (χ1n) is 7.52. The van der Waals surface area contributed by atoms with Crippen LogP contribution in [0.1, 0.15) is 11.1 Å². The Morgan fingerprint density at radius 2 is 1.83 bits per heavy atom. The monoisotopic (exact) mass is 341 g/mol. The molecule has 0 saturated heterocycles. The zero-order valence-corrected chi connectivity index (χ0v) is 14.7. The van der Waals surface area contributed by atoms with Gasteiger partial charge in [-0.2, -0.15) is 0 Å². The SMILES string of the molecule is COc1ccc(C)cc1CSc1nncn1-c1ccccc1OC. The summed E-state index contributed by atoms with van der Waals surface area (Å²) in [5.74, 6) is 2.42. The second-order valence-electron chi connectivity index (χ2n) is 5.26. The Bertz CT molecular complexity index is 833. The van der Waals surface area contributed by atoms with Crippen molar-refractivity contribution in [3.8, 4) is 17.2 Å². The molecular weight excluding hydrogens is 322 g/mol. The fraction of sp³-hybridized carbons (Fsp3) is 0.222. The molecule has 0 N–H and O–H groups in total. The summed E-state index contributed by atoms with van der Waals surface area (Å²) in [6.07, 6.45) is 1.70. The summed E-state index contributed by atoms with van der Waals surface area (Å²) >= 11 is 1.61. The van der Waals surface area contributed by atoms with Crippen molar-refractivity contribution < 1.29 is 9.47 Å². The van der Waals surface area contributed by atoms with Gasteiger partial charge in [0.05, 0.1) is 19.9 Å². The molecule has 0 saturated carbocycles. The normalized spacial score (nSPS) is 10.6. The maximum absolute atomic E-state index is 5.45. The summed E-state index contributed by atoms with van der Waals surface area (Å²) in [5, 5.41) is 9.10. The van der Waals surface area contributed by atoms with E-state index in [1.165, 1.54) is 5.56 Å². The number of methoxy groups -OCH3 is 2. The van der Waals surface area contributed by atoms with Gasteiger partial charge < -0.3 is 9.47 Å². The topological polar surface area (TPSA) is 49.2 Å². The Morgan fingerprint density at radius 1 is 1.04 bits per heavy atom. The van der Waals surface area contributed by atoms with Crippen LogP contribution in [0.25, 0.3) is 5.69 Å². The third-order valence-electron chi connectivity index (χ3n) is 3.65. The van der Waals surface area contributed by atoms with E-state index in [4.69, 9.17) is 9.47 Å². The zero-order valence-electron chi connectivity index (χ0n) is 13.9. The molecule has 0 unspecified atom stereocenters. The van der Waals surface area contributed by atoms with Crippen molar-refractivity contribution in [3.05, 3.63) is 59.9 Å². The highest BCUT2D eigenvalue weighted by Gasteiger charge is 2.12. The largest absolute Gasteiger partial charge is 0.496 e. The molecule has 24 heavy (non-hydrogen) atoms. The van der Waals surface area contributed by atoms with Crippen molar-refractivity contribution in [2.75, 3.05) is 14.2 Å². The van der Waals surface area contributed by atoms with E-state index in [9.17, 15) is 0 Å². The molecule has 0 fully saturated rings. The lowest BCUT2D eigenvalue weighted by Crippen LogP contribution is -1.99. The van der Waals surface area contributed by atoms with Crippen LogP contribution in [-0.2, 0) is 5.75 Å². The van der Waals surface area contributed by atoms with Crippen LogP contribution >= 0.6 is 11.8 Å². The maximum atomic E-state index is 5.45. The van der Waals surface area contributed by atoms with Crippen LogP contribution < -0.4 is 9.47 Å². The molecule has 2 aromatic carbocycles. The van der Waals surface area contributed by atoms with Gasteiger partial charge in [0.2, 0.25) is 0 Å². The first kappa shape index (κ1) is 16.4. The number of para-hydroxylation sites is 2. The summed E-state index contributed by atoms with van der Waals surface area (Å²) in [5.41, 5.74) is 3.26. The number of rotatable bonds is 6. The predicted molar refractivity (Wildman–Crippen MR) is 95.2 cm³/mol. The van der Waals surface area contributed by atoms with Crippen LogP contribution in [0, 0.1) is 6.92 Å². The molecule has 5 nitrogen and oxygen atoms in total. The highest BCUT2D eigenvalue weighted by Crippen LogP contribution is 2.31. The van der Waals surface area contributed by atoms with Gasteiger partial charge in [-0.3, -0.25) is 4.57 Å². The molecule has 6 heteroatoms. The van der Waals surface area contributed by atoms with Crippen LogP contribution in [0.2, 0.25) is 0 Å². The second-order valence-corrected chi connectivity index (χ2v) is 6.20. The van der Waals surface area contributed by atoms with Crippen molar-refractivity contribution in [2.24, 2.45) is 0 Å². The van der Waals surface area contributed by atoms with Gasteiger partial charge in [-0.15, -0.1) is 10.2 Å². The Morgan fingerprint density at radius 3 is 2.62 bits per heavy atom. The molecule has 0 aliphatic rings. The van der Waals surface area contributed by atoms with Gasteiger partial charge in [-0.1, -0.05) is 41.6 Å². The van der Waals surface area contributed by atoms with E-state index in [-0.39, 0.29) is 0 Å². The molecule has 0 aliphatic carbocycles. The second kappa shape index (κ2) is 7.40. The molecule has 0 radical (unpaired) electrons. The van der Waals surface area contributed by atoms with Crippen LogP contribution in [0.3, 0.4) is 0 Å². The number of ether oxygens (including phenoxy) is 2. The van der Waals surface area contributed by atoms with Gasteiger partial charge >= 0.3 is 0 Å². The zero-order chi connectivity index (χ0) is 16.9. The van der Waals surface area contributed by atoms with E-state index >= 15 is 0 Å². The van der Waals surface area contributed by atoms with E-state index in [2.05, 4.69) is 23.2 Å². The first-order valence-corrected chi connectivity index (χ1v) is 8.51. The quantitative estimate of drug-likeness (QED) is 0.637. The van der Waals surface area contributed by atoms with Gasteiger partial charge in [0.15, 0.2) is 5.16 Å². The Labute approximate surface area is 145 Å². The van der Waals surface area contributed by atoms with Gasteiger partial charge in [0, 0.05) is 11.3 Å². The van der Waals surface area contributed by atoms with E-state index in [1.807, 2.05) is 41.0 Å². The van der Waals surface area contributed by atoms with E-state index < -0.39 is 0 Å². The standard InChI is InChI=1S/C18H19N3O2S/c1-13-8-9-16(22-2)14(10-13)11-24-18-20-19-12-21(18)15-6-4-5-7-17(15)23-3/h4-10,12H,11H2,1-3H3. The lowest BCUT2D eigenvalue weighted by molar-refractivity contribution is 0.411. The Balaban J connectivity index is 1.86. The summed E-state index contributed by atoms with van der Waals surface area (Å²) in [6, 6.07) is 14.0. The molecule has 1 heterocycles. The van der Waals surface area contributed by atoms with Gasteiger partial charge in [-0.05, 0) is 25.1 Å². The van der Waals surface area contributed by atoms with Crippen molar-refractivity contribution in [2.45, 2.75) is 17.8 Å². The number of hydrogen-bond acceptors (Lipinski definition) is 5. The van der Waals surface area contributed by atoms with Crippen molar-refractivity contribution >= 4 is 11.8 Å². The molecule has 3 rings (SSSR count). The molecule has 1 aromatic heterocycles. The third-order valence-corrected chi connectivity index (χ3v) is 4.65. The van der Waals surface area contributed by atoms with Crippen LogP contribution in [0.4, 0.5) is 0 Å². The lowest BCUT2D eigenvalue weighted by atomic mass is 10.1. The fourth-order valence-electron chi connectivity index (χ4n) is 2.48. The maximum Gasteiger partial charge on any atom is 0.196 e. The van der Waals surface area contributed by atoms with E-state index in [0.29, 0.717) is 0 Å². The molecule has 0 atom stereocenters. The summed E-state index contributed by atoms with van der Waals surface area (Å²) < 4.78 is 12.8. The van der Waals surface area contributed by atoms with Crippen LogP contribution in [-0.4, -0.2) is 29.0 Å². The highest BCUT2D eigenvalue weighted by molar-refractivity contribution is 7.98. The van der Waals surface area contributed by atoms with Crippen LogP contribution in [0.15, 0.2) is 53.9 Å². The number of aryl methyl sites for hydroxylation is 1. The minimum absolute atomic E-state index is 0.749. The van der Waals surface area contributed by atoms with Crippen molar-refractivity contribution in [1.82, 2.24) is 14.8 Å². The minimum Gasteiger partial charge on any atom is -0.496 e. The Kier molecular flexibility index (Phi) is 5.05. The van der Waals surface area contributed by atoms with Crippen molar-refractivity contribution in [1.29, 1.82) is 0 Å². The molecule has 0 spiro atoms. The number of nitrogens with zero attached hydrogens (tertiary/aromatic N) is 3.